The maximum atomic E-state index is 11.4. The van der Waals surface area contributed by atoms with Crippen molar-refractivity contribution < 1.29 is 19.1 Å². The molecule has 0 aromatic heterocycles. The summed E-state index contributed by atoms with van der Waals surface area (Å²) in [5.41, 5.74) is 0.746. The molecule has 0 aromatic carbocycles. The number of ether oxygens (including phenoxy) is 2. The van der Waals surface area contributed by atoms with Gasteiger partial charge in [0.15, 0.2) is 0 Å². The van der Waals surface area contributed by atoms with Gasteiger partial charge in [0.1, 0.15) is 0 Å². The van der Waals surface area contributed by atoms with Gasteiger partial charge in [0.25, 0.3) is 0 Å². The fourth-order valence-electron chi connectivity index (χ4n) is 1.51. The molecule has 15 heavy (non-hydrogen) atoms. The highest BCUT2D eigenvalue weighted by molar-refractivity contribution is 5.85. The van der Waals surface area contributed by atoms with Gasteiger partial charge in [-0.1, -0.05) is 12.2 Å². The molecule has 0 radical (unpaired) electrons. The first-order chi connectivity index (χ1) is 7.19. The van der Waals surface area contributed by atoms with Crippen LogP contribution in [-0.4, -0.2) is 26.2 Å². The Balaban J connectivity index is 2.84. The molecule has 82 valence electrons. The summed E-state index contributed by atoms with van der Waals surface area (Å²) in [6.07, 6.45) is 6.37. The minimum absolute atomic E-state index is 0.311. The van der Waals surface area contributed by atoms with Gasteiger partial charge in [-0.05, 0) is 18.4 Å². The van der Waals surface area contributed by atoms with Gasteiger partial charge in [-0.15, -0.1) is 0 Å². The van der Waals surface area contributed by atoms with Crippen molar-refractivity contribution in [3.05, 3.63) is 23.8 Å². The van der Waals surface area contributed by atoms with Gasteiger partial charge in [-0.25, -0.2) is 4.79 Å². The largest absolute Gasteiger partial charge is 0.469 e. The monoisotopic (exact) mass is 210 g/mol. The molecule has 0 bridgehead atoms. The van der Waals surface area contributed by atoms with E-state index in [9.17, 15) is 9.59 Å². The predicted octanol–water partition coefficient (Wildman–Crippen LogP) is 1.22. The third-order valence-electron chi connectivity index (χ3n) is 2.33. The maximum Gasteiger partial charge on any atom is 0.330 e. The molecular formula is C11H14O4. The van der Waals surface area contributed by atoms with Crippen molar-refractivity contribution in [3.8, 4) is 0 Å². The number of allylic oxidation sites excluding steroid dienone is 2. The fourth-order valence-corrected chi connectivity index (χ4v) is 1.51. The molecule has 0 aliphatic heterocycles. The lowest BCUT2D eigenvalue weighted by Gasteiger charge is -2.18. The Morgan fingerprint density at radius 1 is 1.33 bits per heavy atom. The van der Waals surface area contributed by atoms with E-state index in [1.54, 1.807) is 0 Å². The average molecular weight is 210 g/mol. The number of carbonyl (C=O) groups excluding carboxylic acids is 2. The molecular weight excluding hydrogens is 196 g/mol. The highest BCUT2D eigenvalue weighted by atomic mass is 16.5. The second-order valence-electron chi connectivity index (χ2n) is 3.23. The zero-order valence-corrected chi connectivity index (χ0v) is 8.86. The highest BCUT2D eigenvalue weighted by Crippen LogP contribution is 2.25. The van der Waals surface area contributed by atoms with E-state index in [-0.39, 0.29) is 11.9 Å². The van der Waals surface area contributed by atoms with Crippen LogP contribution in [0.2, 0.25) is 0 Å². The van der Waals surface area contributed by atoms with Gasteiger partial charge in [0.05, 0.1) is 20.1 Å². The summed E-state index contributed by atoms with van der Waals surface area (Å²) in [6, 6.07) is 0. The van der Waals surface area contributed by atoms with Gasteiger partial charge in [-0.2, -0.15) is 0 Å². The molecule has 0 saturated carbocycles. The van der Waals surface area contributed by atoms with E-state index in [1.807, 2.05) is 12.2 Å². The van der Waals surface area contributed by atoms with Gasteiger partial charge in [0, 0.05) is 6.08 Å². The summed E-state index contributed by atoms with van der Waals surface area (Å²) in [5, 5.41) is 0. The standard InChI is InChI=1S/C11H14O4/c1-14-10(12)7-8-5-3-4-6-9(8)11(13)15-2/h3-4,7,9H,5-6H2,1-2H3/b8-7+. The van der Waals surface area contributed by atoms with Crippen LogP contribution in [0.1, 0.15) is 12.8 Å². The van der Waals surface area contributed by atoms with E-state index in [4.69, 9.17) is 0 Å². The summed E-state index contributed by atoms with van der Waals surface area (Å²) in [4.78, 5) is 22.5. The molecule has 1 unspecified atom stereocenters. The molecule has 1 aliphatic rings. The van der Waals surface area contributed by atoms with Gasteiger partial charge in [0.2, 0.25) is 0 Å². The molecule has 0 amide bonds. The van der Waals surface area contributed by atoms with E-state index in [0.717, 1.165) is 5.57 Å². The van der Waals surface area contributed by atoms with Gasteiger partial charge in [-0.3, -0.25) is 4.79 Å². The molecule has 0 spiro atoms. The van der Waals surface area contributed by atoms with Crippen molar-refractivity contribution in [1.29, 1.82) is 0 Å². The van der Waals surface area contributed by atoms with E-state index in [2.05, 4.69) is 9.47 Å². The Morgan fingerprint density at radius 2 is 2.07 bits per heavy atom. The van der Waals surface area contributed by atoms with Crippen LogP contribution in [0.3, 0.4) is 0 Å². The summed E-state index contributed by atoms with van der Waals surface area (Å²) in [5.74, 6) is -1.09. The summed E-state index contributed by atoms with van der Waals surface area (Å²) in [7, 11) is 2.65. The van der Waals surface area contributed by atoms with Crippen molar-refractivity contribution in [1.82, 2.24) is 0 Å². The highest BCUT2D eigenvalue weighted by Gasteiger charge is 2.24. The lowest BCUT2D eigenvalue weighted by Crippen LogP contribution is -2.20. The second kappa shape index (κ2) is 5.34. The molecule has 0 N–H and O–H groups in total. The Kier molecular flexibility index (Phi) is 4.09. The average Bonchev–Trinajstić information content (AvgIpc) is 2.28. The topological polar surface area (TPSA) is 52.6 Å². The maximum absolute atomic E-state index is 11.4. The molecule has 1 atom stereocenters. The second-order valence-corrected chi connectivity index (χ2v) is 3.23. The van der Waals surface area contributed by atoms with Crippen LogP contribution >= 0.6 is 0 Å². The molecule has 4 nitrogen and oxygen atoms in total. The summed E-state index contributed by atoms with van der Waals surface area (Å²) >= 11 is 0. The quantitative estimate of drug-likeness (QED) is 0.390. The Labute approximate surface area is 88.6 Å². The summed E-state index contributed by atoms with van der Waals surface area (Å²) in [6.45, 7) is 0. The fraction of sp³-hybridized carbons (Fsp3) is 0.455. The van der Waals surface area contributed by atoms with E-state index < -0.39 is 5.97 Å². The van der Waals surface area contributed by atoms with Crippen LogP contribution in [-0.2, 0) is 19.1 Å². The normalized spacial score (nSPS) is 22.5. The third-order valence-corrected chi connectivity index (χ3v) is 2.33. The molecule has 0 heterocycles. The smallest absolute Gasteiger partial charge is 0.330 e. The molecule has 0 aromatic rings. The number of carbonyl (C=O) groups is 2. The van der Waals surface area contributed by atoms with Crippen LogP contribution in [0, 0.1) is 5.92 Å². The number of methoxy groups -OCH3 is 2. The van der Waals surface area contributed by atoms with E-state index in [0.29, 0.717) is 12.8 Å². The van der Waals surface area contributed by atoms with Crippen molar-refractivity contribution in [3.63, 3.8) is 0 Å². The van der Waals surface area contributed by atoms with E-state index >= 15 is 0 Å². The molecule has 0 fully saturated rings. The minimum Gasteiger partial charge on any atom is -0.469 e. The first-order valence-electron chi connectivity index (χ1n) is 4.70. The zero-order chi connectivity index (χ0) is 11.3. The Bertz CT molecular complexity index is 315. The van der Waals surface area contributed by atoms with Crippen LogP contribution in [0.5, 0.6) is 0 Å². The lowest BCUT2D eigenvalue weighted by atomic mass is 9.88. The molecule has 0 saturated heterocycles. The van der Waals surface area contributed by atoms with Crippen LogP contribution in [0.15, 0.2) is 23.8 Å². The van der Waals surface area contributed by atoms with Crippen LogP contribution < -0.4 is 0 Å². The van der Waals surface area contributed by atoms with E-state index in [1.165, 1.54) is 20.3 Å². The van der Waals surface area contributed by atoms with Gasteiger partial charge >= 0.3 is 11.9 Å². The van der Waals surface area contributed by atoms with Crippen molar-refractivity contribution >= 4 is 11.9 Å². The number of esters is 2. The number of hydrogen-bond acceptors (Lipinski definition) is 4. The zero-order valence-electron chi connectivity index (χ0n) is 8.86. The lowest BCUT2D eigenvalue weighted by molar-refractivity contribution is -0.144. The van der Waals surface area contributed by atoms with Crippen LogP contribution in [0.25, 0.3) is 0 Å². The summed E-state index contributed by atoms with van der Waals surface area (Å²) < 4.78 is 9.19. The third kappa shape index (κ3) is 2.94. The first-order valence-corrected chi connectivity index (χ1v) is 4.70. The van der Waals surface area contributed by atoms with Crippen molar-refractivity contribution in [2.75, 3.05) is 14.2 Å². The molecule has 1 rings (SSSR count). The number of hydrogen-bond donors (Lipinski definition) is 0. The minimum atomic E-state index is -0.436. The molecule has 4 heteroatoms. The Morgan fingerprint density at radius 3 is 2.67 bits per heavy atom. The van der Waals surface area contributed by atoms with Crippen molar-refractivity contribution in [2.24, 2.45) is 5.92 Å². The molecule has 1 aliphatic carbocycles. The van der Waals surface area contributed by atoms with Crippen molar-refractivity contribution in [2.45, 2.75) is 12.8 Å². The first kappa shape index (κ1) is 11.5. The SMILES string of the molecule is COC(=O)/C=C1\CC=CCC1C(=O)OC. The number of rotatable bonds is 2. The van der Waals surface area contributed by atoms with Crippen LogP contribution in [0.4, 0.5) is 0 Å². The predicted molar refractivity (Wildman–Crippen MR) is 54.0 cm³/mol. The Hall–Kier alpha value is -1.58. The van der Waals surface area contributed by atoms with Gasteiger partial charge < -0.3 is 9.47 Å².